The molecule has 0 N–H and O–H groups in total. The van der Waals surface area contributed by atoms with Gasteiger partial charge in [0, 0.05) is 0 Å². The molecular formula is C20H40. The van der Waals surface area contributed by atoms with Crippen LogP contribution in [0, 0.1) is 11.8 Å². The van der Waals surface area contributed by atoms with Gasteiger partial charge in [0.05, 0.1) is 0 Å². The van der Waals surface area contributed by atoms with E-state index in [1.54, 1.807) is 0 Å². The van der Waals surface area contributed by atoms with Gasteiger partial charge in [-0.05, 0) is 11.8 Å². The van der Waals surface area contributed by atoms with Crippen LogP contribution in [0.25, 0.3) is 0 Å². The second kappa shape index (κ2) is 12.7. The molecule has 1 unspecified atom stereocenters. The molecule has 0 aliphatic heterocycles. The van der Waals surface area contributed by atoms with Gasteiger partial charge in [-0.25, -0.2) is 0 Å². The lowest BCUT2D eigenvalue weighted by Crippen LogP contribution is -2.11. The van der Waals surface area contributed by atoms with Gasteiger partial charge in [-0.3, -0.25) is 0 Å². The van der Waals surface area contributed by atoms with Crippen LogP contribution in [-0.4, -0.2) is 0 Å². The Hall–Kier alpha value is 0. The molecule has 20 heavy (non-hydrogen) atoms. The molecule has 120 valence electrons. The third-order valence-electron chi connectivity index (χ3n) is 5.60. The molecule has 1 saturated carbocycles. The predicted molar refractivity (Wildman–Crippen MR) is 92.2 cm³/mol. The predicted octanol–water partition coefficient (Wildman–Crippen LogP) is 7.51. The molecule has 0 nitrogen and oxygen atoms in total. The quantitative estimate of drug-likeness (QED) is 0.491. The Kier molecular flexibility index (Phi) is 11.5. The van der Waals surface area contributed by atoms with Crippen molar-refractivity contribution < 1.29 is 0 Å². The zero-order valence-electron chi connectivity index (χ0n) is 14.5. The average Bonchev–Trinajstić information content (AvgIpc) is 2.46. The van der Waals surface area contributed by atoms with Crippen molar-refractivity contribution in [3.8, 4) is 0 Å². The Morgan fingerprint density at radius 2 is 0.900 bits per heavy atom. The molecule has 1 aliphatic rings. The molecule has 1 fully saturated rings. The Bertz CT molecular complexity index is 180. The SMILES string of the molecule is CCC(C)C1CCCCCCCCCCCCCCC1. The third-order valence-corrected chi connectivity index (χ3v) is 5.60. The molecule has 0 heteroatoms. The minimum absolute atomic E-state index is 0.953. The van der Waals surface area contributed by atoms with E-state index in [4.69, 9.17) is 0 Å². The van der Waals surface area contributed by atoms with Crippen LogP contribution < -0.4 is 0 Å². The maximum Gasteiger partial charge on any atom is -0.0389 e. The van der Waals surface area contributed by atoms with Crippen LogP contribution in [0.4, 0.5) is 0 Å². The van der Waals surface area contributed by atoms with Gasteiger partial charge < -0.3 is 0 Å². The lowest BCUT2D eigenvalue weighted by atomic mass is 9.83. The first-order valence-electron chi connectivity index (χ1n) is 9.84. The smallest absolute Gasteiger partial charge is 0.0389 e. The molecule has 0 bridgehead atoms. The van der Waals surface area contributed by atoms with Gasteiger partial charge in [-0.2, -0.15) is 0 Å². The highest BCUT2D eigenvalue weighted by Crippen LogP contribution is 2.28. The molecule has 0 heterocycles. The third kappa shape index (κ3) is 9.03. The fourth-order valence-electron chi connectivity index (χ4n) is 3.80. The van der Waals surface area contributed by atoms with E-state index in [-0.39, 0.29) is 0 Å². The van der Waals surface area contributed by atoms with E-state index < -0.39 is 0 Å². The summed E-state index contributed by atoms with van der Waals surface area (Å²) in [6.07, 6.45) is 23.8. The molecule has 1 rings (SSSR count). The molecule has 0 aromatic carbocycles. The average molecular weight is 281 g/mol. The molecule has 0 amide bonds. The Morgan fingerprint density at radius 3 is 1.20 bits per heavy atom. The lowest BCUT2D eigenvalue weighted by molar-refractivity contribution is 0.287. The van der Waals surface area contributed by atoms with Gasteiger partial charge in [0.2, 0.25) is 0 Å². The van der Waals surface area contributed by atoms with E-state index >= 15 is 0 Å². The summed E-state index contributed by atoms with van der Waals surface area (Å²) >= 11 is 0. The summed E-state index contributed by atoms with van der Waals surface area (Å²) in [7, 11) is 0. The number of hydrogen-bond acceptors (Lipinski definition) is 0. The van der Waals surface area contributed by atoms with Gasteiger partial charge in [0.15, 0.2) is 0 Å². The van der Waals surface area contributed by atoms with Gasteiger partial charge in [0.25, 0.3) is 0 Å². The highest BCUT2D eigenvalue weighted by Gasteiger charge is 2.15. The Morgan fingerprint density at radius 1 is 0.600 bits per heavy atom. The minimum atomic E-state index is 0.953. The summed E-state index contributed by atoms with van der Waals surface area (Å²) in [5.74, 6) is 1.97. The molecule has 0 aromatic rings. The monoisotopic (exact) mass is 280 g/mol. The van der Waals surface area contributed by atoms with Crippen molar-refractivity contribution in [3.63, 3.8) is 0 Å². The van der Waals surface area contributed by atoms with E-state index in [1.807, 2.05) is 0 Å². The van der Waals surface area contributed by atoms with Crippen molar-refractivity contribution in [1.29, 1.82) is 0 Å². The number of hydrogen-bond donors (Lipinski definition) is 0. The van der Waals surface area contributed by atoms with Crippen molar-refractivity contribution in [1.82, 2.24) is 0 Å². The van der Waals surface area contributed by atoms with Crippen molar-refractivity contribution in [2.45, 2.75) is 117 Å². The van der Waals surface area contributed by atoms with E-state index in [0.717, 1.165) is 11.8 Å². The van der Waals surface area contributed by atoms with Crippen LogP contribution in [0.15, 0.2) is 0 Å². The maximum absolute atomic E-state index is 2.49. The molecule has 0 spiro atoms. The van der Waals surface area contributed by atoms with Crippen LogP contribution >= 0.6 is 0 Å². The molecule has 0 radical (unpaired) electrons. The zero-order chi connectivity index (χ0) is 14.5. The second-order valence-electron chi connectivity index (χ2n) is 7.32. The van der Waals surface area contributed by atoms with E-state index in [2.05, 4.69) is 13.8 Å². The highest BCUT2D eigenvalue weighted by molar-refractivity contribution is 4.66. The van der Waals surface area contributed by atoms with E-state index in [0.29, 0.717) is 0 Å². The molecule has 1 aliphatic carbocycles. The lowest BCUT2D eigenvalue weighted by Gasteiger charge is -2.23. The highest BCUT2D eigenvalue weighted by atomic mass is 14.2. The molecule has 1 atom stereocenters. The van der Waals surface area contributed by atoms with Gasteiger partial charge >= 0.3 is 0 Å². The first-order valence-corrected chi connectivity index (χ1v) is 9.84. The summed E-state index contributed by atoms with van der Waals surface area (Å²) in [5, 5.41) is 0. The van der Waals surface area contributed by atoms with E-state index in [9.17, 15) is 0 Å². The Labute approximate surface area is 129 Å². The van der Waals surface area contributed by atoms with Gasteiger partial charge in [-0.1, -0.05) is 117 Å². The van der Waals surface area contributed by atoms with Crippen LogP contribution in [0.5, 0.6) is 0 Å². The Balaban J connectivity index is 2.28. The standard InChI is InChI=1S/C20H40/c1-3-19(2)20-17-15-13-11-9-7-5-4-6-8-10-12-14-16-18-20/h19-20H,3-18H2,1-2H3. The van der Waals surface area contributed by atoms with Gasteiger partial charge in [0.1, 0.15) is 0 Å². The fraction of sp³-hybridized carbons (Fsp3) is 1.00. The summed E-state index contributed by atoms with van der Waals surface area (Å²) in [5.41, 5.74) is 0. The summed E-state index contributed by atoms with van der Waals surface area (Å²) in [6, 6.07) is 0. The van der Waals surface area contributed by atoms with Crippen molar-refractivity contribution >= 4 is 0 Å². The topological polar surface area (TPSA) is 0 Å². The molecule has 0 aromatic heterocycles. The summed E-state index contributed by atoms with van der Waals surface area (Å²) in [6.45, 7) is 4.87. The van der Waals surface area contributed by atoms with Crippen LogP contribution in [0.2, 0.25) is 0 Å². The van der Waals surface area contributed by atoms with E-state index in [1.165, 1.54) is 103 Å². The molecule has 0 saturated heterocycles. The first kappa shape index (κ1) is 18.1. The summed E-state index contributed by atoms with van der Waals surface area (Å²) < 4.78 is 0. The van der Waals surface area contributed by atoms with Crippen molar-refractivity contribution in [3.05, 3.63) is 0 Å². The van der Waals surface area contributed by atoms with Gasteiger partial charge in [-0.15, -0.1) is 0 Å². The first-order chi connectivity index (χ1) is 9.84. The fourth-order valence-corrected chi connectivity index (χ4v) is 3.80. The van der Waals surface area contributed by atoms with Crippen LogP contribution in [0.1, 0.15) is 117 Å². The summed E-state index contributed by atoms with van der Waals surface area (Å²) in [4.78, 5) is 0. The minimum Gasteiger partial charge on any atom is -0.0651 e. The van der Waals surface area contributed by atoms with Crippen LogP contribution in [-0.2, 0) is 0 Å². The molecular weight excluding hydrogens is 240 g/mol. The van der Waals surface area contributed by atoms with Crippen molar-refractivity contribution in [2.75, 3.05) is 0 Å². The normalized spacial score (nSPS) is 24.3. The number of rotatable bonds is 2. The zero-order valence-corrected chi connectivity index (χ0v) is 14.5. The largest absolute Gasteiger partial charge is 0.0651 e. The second-order valence-corrected chi connectivity index (χ2v) is 7.32. The maximum atomic E-state index is 2.49. The van der Waals surface area contributed by atoms with Crippen LogP contribution in [0.3, 0.4) is 0 Å². The van der Waals surface area contributed by atoms with Crippen molar-refractivity contribution in [2.24, 2.45) is 11.8 Å².